The highest BCUT2D eigenvalue weighted by atomic mass is 16.5. The van der Waals surface area contributed by atoms with Crippen LogP contribution in [0.5, 0.6) is 0 Å². The number of morpholine rings is 1. The smallest absolute Gasteiger partial charge is 0.220 e. The van der Waals surface area contributed by atoms with Crippen molar-refractivity contribution in [1.82, 2.24) is 10.2 Å². The SMILES string of the molecule is Cc1ccc(CCC(=O)NCc2cccc(CN3CCOCC3)c2)cc1C. The number of hydrogen-bond acceptors (Lipinski definition) is 3. The normalized spacial score (nSPS) is 14.9. The average molecular weight is 367 g/mol. The number of aryl methyl sites for hydroxylation is 3. The van der Waals surface area contributed by atoms with Crippen LogP contribution in [-0.4, -0.2) is 37.1 Å². The largest absolute Gasteiger partial charge is 0.379 e. The molecule has 0 radical (unpaired) electrons. The highest BCUT2D eigenvalue weighted by Gasteiger charge is 2.11. The molecule has 0 aliphatic carbocycles. The van der Waals surface area contributed by atoms with Gasteiger partial charge in [-0.3, -0.25) is 9.69 Å². The number of nitrogens with zero attached hydrogens (tertiary/aromatic N) is 1. The number of benzene rings is 2. The van der Waals surface area contributed by atoms with Crippen molar-refractivity contribution < 1.29 is 9.53 Å². The molecule has 0 unspecified atom stereocenters. The number of ether oxygens (including phenoxy) is 1. The van der Waals surface area contributed by atoms with E-state index in [2.05, 4.69) is 66.5 Å². The Bertz CT molecular complexity index is 767. The van der Waals surface area contributed by atoms with E-state index >= 15 is 0 Å². The molecular weight excluding hydrogens is 336 g/mol. The highest BCUT2D eigenvalue weighted by Crippen LogP contribution is 2.12. The summed E-state index contributed by atoms with van der Waals surface area (Å²) >= 11 is 0. The molecule has 0 atom stereocenters. The molecule has 2 aromatic rings. The Morgan fingerprint density at radius 3 is 2.56 bits per heavy atom. The van der Waals surface area contributed by atoms with E-state index in [1.807, 2.05) is 0 Å². The van der Waals surface area contributed by atoms with E-state index in [0.717, 1.165) is 44.8 Å². The predicted octanol–water partition coefficient (Wildman–Crippen LogP) is 3.38. The monoisotopic (exact) mass is 366 g/mol. The van der Waals surface area contributed by atoms with E-state index in [-0.39, 0.29) is 5.91 Å². The predicted molar refractivity (Wildman–Crippen MR) is 109 cm³/mol. The van der Waals surface area contributed by atoms with Gasteiger partial charge in [0, 0.05) is 32.6 Å². The molecule has 1 saturated heterocycles. The molecule has 1 heterocycles. The first-order valence-electron chi connectivity index (χ1n) is 9.81. The minimum Gasteiger partial charge on any atom is -0.379 e. The minimum absolute atomic E-state index is 0.104. The van der Waals surface area contributed by atoms with Crippen molar-refractivity contribution in [3.63, 3.8) is 0 Å². The zero-order valence-corrected chi connectivity index (χ0v) is 16.5. The summed E-state index contributed by atoms with van der Waals surface area (Å²) in [5.74, 6) is 0.104. The van der Waals surface area contributed by atoms with E-state index in [1.165, 1.54) is 22.3 Å². The van der Waals surface area contributed by atoms with Crippen LogP contribution in [0.2, 0.25) is 0 Å². The Labute approximate surface area is 162 Å². The van der Waals surface area contributed by atoms with Crippen molar-refractivity contribution in [1.29, 1.82) is 0 Å². The third-order valence-corrected chi connectivity index (χ3v) is 5.20. The lowest BCUT2D eigenvalue weighted by Gasteiger charge is -2.26. The first-order valence-corrected chi connectivity index (χ1v) is 9.81. The van der Waals surface area contributed by atoms with Crippen molar-refractivity contribution in [2.24, 2.45) is 0 Å². The highest BCUT2D eigenvalue weighted by molar-refractivity contribution is 5.76. The summed E-state index contributed by atoms with van der Waals surface area (Å²) in [4.78, 5) is 14.6. The van der Waals surface area contributed by atoms with Crippen LogP contribution in [0.15, 0.2) is 42.5 Å². The van der Waals surface area contributed by atoms with Gasteiger partial charge in [-0.2, -0.15) is 0 Å². The van der Waals surface area contributed by atoms with Gasteiger partial charge in [0.1, 0.15) is 0 Å². The molecule has 4 nitrogen and oxygen atoms in total. The number of hydrogen-bond donors (Lipinski definition) is 1. The maximum absolute atomic E-state index is 12.2. The second-order valence-electron chi connectivity index (χ2n) is 7.40. The van der Waals surface area contributed by atoms with Crippen LogP contribution in [0.4, 0.5) is 0 Å². The minimum atomic E-state index is 0.104. The lowest BCUT2D eigenvalue weighted by Crippen LogP contribution is -2.35. The molecule has 1 aliphatic rings. The molecule has 3 rings (SSSR count). The van der Waals surface area contributed by atoms with Crippen molar-refractivity contribution in [3.05, 3.63) is 70.3 Å². The fraction of sp³-hybridized carbons (Fsp3) is 0.435. The molecular formula is C23H30N2O2. The molecule has 0 aromatic heterocycles. The maximum atomic E-state index is 12.2. The molecule has 0 spiro atoms. The van der Waals surface area contributed by atoms with Crippen molar-refractivity contribution in [2.75, 3.05) is 26.3 Å². The lowest BCUT2D eigenvalue weighted by atomic mass is 10.0. The van der Waals surface area contributed by atoms with E-state index in [0.29, 0.717) is 13.0 Å². The van der Waals surface area contributed by atoms with Gasteiger partial charge in [0.25, 0.3) is 0 Å². The zero-order valence-electron chi connectivity index (χ0n) is 16.5. The van der Waals surface area contributed by atoms with Crippen LogP contribution in [0.25, 0.3) is 0 Å². The Kier molecular flexibility index (Phi) is 7.02. The van der Waals surface area contributed by atoms with Crippen LogP contribution in [0.3, 0.4) is 0 Å². The number of nitrogens with one attached hydrogen (secondary N) is 1. The van der Waals surface area contributed by atoms with E-state index in [4.69, 9.17) is 4.74 Å². The summed E-state index contributed by atoms with van der Waals surface area (Å²) in [6.45, 7) is 9.36. The molecule has 0 bridgehead atoms. The quantitative estimate of drug-likeness (QED) is 0.817. The Morgan fingerprint density at radius 1 is 1.00 bits per heavy atom. The van der Waals surface area contributed by atoms with Crippen molar-refractivity contribution >= 4 is 5.91 Å². The topological polar surface area (TPSA) is 41.6 Å². The molecule has 0 saturated carbocycles. The standard InChI is InChI=1S/C23H30N2O2/c1-18-6-7-20(14-19(18)2)8-9-23(26)24-16-21-4-3-5-22(15-21)17-25-10-12-27-13-11-25/h3-7,14-15H,8-13,16-17H2,1-2H3,(H,24,26). The molecule has 1 amide bonds. The summed E-state index contributed by atoms with van der Waals surface area (Å²) in [5.41, 5.74) is 6.24. The summed E-state index contributed by atoms with van der Waals surface area (Å²) in [6, 6.07) is 14.9. The van der Waals surface area contributed by atoms with Gasteiger partial charge >= 0.3 is 0 Å². The first kappa shape index (κ1) is 19.6. The second-order valence-corrected chi connectivity index (χ2v) is 7.40. The molecule has 1 fully saturated rings. The van der Waals surface area contributed by atoms with Gasteiger partial charge in [-0.25, -0.2) is 0 Å². The molecule has 1 N–H and O–H groups in total. The average Bonchev–Trinajstić information content (AvgIpc) is 2.68. The summed E-state index contributed by atoms with van der Waals surface area (Å²) in [6.07, 6.45) is 1.31. The lowest BCUT2D eigenvalue weighted by molar-refractivity contribution is -0.121. The van der Waals surface area contributed by atoms with Crippen molar-refractivity contribution in [2.45, 2.75) is 39.8 Å². The molecule has 2 aromatic carbocycles. The van der Waals surface area contributed by atoms with Crippen LogP contribution in [-0.2, 0) is 29.0 Å². The van der Waals surface area contributed by atoms with E-state index in [9.17, 15) is 4.79 Å². The second kappa shape index (κ2) is 9.67. The maximum Gasteiger partial charge on any atom is 0.220 e. The number of carbonyl (C=O) groups excluding carboxylic acids is 1. The van der Waals surface area contributed by atoms with Gasteiger partial charge in [-0.05, 0) is 48.1 Å². The van der Waals surface area contributed by atoms with Gasteiger partial charge < -0.3 is 10.1 Å². The fourth-order valence-electron chi connectivity index (χ4n) is 3.36. The summed E-state index contributed by atoms with van der Waals surface area (Å²) in [7, 11) is 0. The van der Waals surface area contributed by atoms with Gasteiger partial charge in [-0.15, -0.1) is 0 Å². The Balaban J connectivity index is 1.45. The third kappa shape index (κ3) is 6.19. The summed E-state index contributed by atoms with van der Waals surface area (Å²) in [5, 5.41) is 3.05. The molecule has 1 aliphatic heterocycles. The third-order valence-electron chi connectivity index (χ3n) is 5.20. The van der Waals surface area contributed by atoms with Crippen LogP contribution in [0, 0.1) is 13.8 Å². The fourth-order valence-corrected chi connectivity index (χ4v) is 3.36. The van der Waals surface area contributed by atoms with Crippen LogP contribution < -0.4 is 5.32 Å². The van der Waals surface area contributed by atoms with E-state index < -0.39 is 0 Å². The zero-order chi connectivity index (χ0) is 19.1. The van der Waals surface area contributed by atoms with Gasteiger partial charge in [-0.1, -0.05) is 42.5 Å². The summed E-state index contributed by atoms with van der Waals surface area (Å²) < 4.78 is 5.40. The van der Waals surface area contributed by atoms with E-state index in [1.54, 1.807) is 0 Å². The molecule has 27 heavy (non-hydrogen) atoms. The van der Waals surface area contributed by atoms with Crippen LogP contribution >= 0.6 is 0 Å². The van der Waals surface area contributed by atoms with Gasteiger partial charge in [0.15, 0.2) is 0 Å². The Hall–Kier alpha value is -2.17. The van der Waals surface area contributed by atoms with Crippen molar-refractivity contribution in [3.8, 4) is 0 Å². The molecule has 144 valence electrons. The number of amides is 1. The molecule has 4 heteroatoms. The van der Waals surface area contributed by atoms with Crippen LogP contribution in [0.1, 0.15) is 34.2 Å². The Morgan fingerprint density at radius 2 is 1.78 bits per heavy atom. The number of rotatable bonds is 7. The number of carbonyl (C=O) groups is 1. The van der Waals surface area contributed by atoms with Gasteiger partial charge in [0.05, 0.1) is 13.2 Å². The first-order chi connectivity index (χ1) is 13.1. The van der Waals surface area contributed by atoms with Gasteiger partial charge in [0.2, 0.25) is 5.91 Å².